The monoisotopic (exact) mass is 414 g/mol. The van der Waals surface area contributed by atoms with Crippen molar-refractivity contribution in [3.63, 3.8) is 0 Å². The van der Waals surface area contributed by atoms with Gasteiger partial charge in [-0.1, -0.05) is 17.7 Å². The molecule has 0 bridgehead atoms. The first-order chi connectivity index (χ1) is 14.0. The minimum absolute atomic E-state index is 0.228. The molecule has 0 saturated carbocycles. The second-order valence-corrected chi connectivity index (χ2v) is 7.10. The quantitative estimate of drug-likeness (QED) is 0.653. The molecule has 0 saturated heterocycles. The lowest BCUT2D eigenvalue weighted by atomic mass is 9.99. The van der Waals surface area contributed by atoms with Gasteiger partial charge in [-0.2, -0.15) is 9.78 Å². The van der Waals surface area contributed by atoms with Gasteiger partial charge in [0.05, 0.1) is 37.2 Å². The van der Waals surface area contributed by atoms with Gasteiger partial charge in [0.1, 0.15) is 5.75 Å². The second kappa shape index (κ2) is 7.63. The molecule has 0 spiro atoms. The predicted molar refractivity (Wildman–Crippen MR) is 109 cm³/mol. The largest absolute Gasteiger partial charge is 0.493 e. The summed E-state index contributed by atoms with van der Waals surface area (Å²) in [4.78, 5) is 24.5. The van der Waals surface area contributed by atoms with Crippen molar-refractivity contribution < 1.29 is 19.1 Å². The number of urea groups is 1. The topological polar surface area (TPSA) is 94.5 Å². The van der Waals surface area contributed by atoms with Crippen molar-refractivity contribution >= 4 is 40.3 Å². The van der Waals surface area contributed by atoms with Crippen LogP contribution in [0, 0.1) is 6.92 Å². The molecule has 0 fully saturated rings. The van der Waals surface area contributed by atoms with Crippen LogP contribution in [0.3, 0.4) is 0 Å². The Balaban J connectivity index is 1.55. The number of carbonyl (C=O) groups is 2. The molecule has 2 aromatic carbocycles. The number of halogens is 1. The molecule has 0 radical (unpaired) electrons. The molecular formula is C20H19ClN4O4. The Hall–Kier alpha value is -3.26. The van der Waals surface area contributed by atoms with Gasteiger partial charge in [0.25, 0.3) is 0 Å². The van der Waals surface area contributed by atoms with E-state index in [9.17, 15) is 9.59 Å². The maximum atomic E-state index is 12.7. The maximum Gasteiger partial charge on any atom is 0.434 e. The van der Waals surface area contributed by atoms with Crippen LogP contribution in [0.25, 0.3) is 10.9 Å². The van der Waals surface area contributed by atoms with Gasteiger partial charge in [-0.25, -0.2) is 9.59 Å². The number of amides is 2. The number of nitrogens with one attached hydrogen (secondary N) is 2. The number of aromatic nitrogens is 2. The molecule has 4 rings (SSSR count). The van der Waals surface area contributed by atoms with Crippen molar-refractivity contribution in [1.29, 1.82) is 0 Å². The summed E-state index contributed by atoms with van der Waals surface area (Å²) in [6.07, 6.45) is 1.53. The average Bonchev–Trinajstić information content (AvgIpc) is 3.14. The van der Waals surface area contributed by atoms with Crippen LogP contribution in [0.2, 0.25) is 5.02 Å². The normalized spacial score (nSPS) is 15.3. The van der Waals surface area contributed by atoms with Crippen LogP contribution in [0.4, 0.5) is 15.3 Å². The number of nitrogens with zero attached hydrogens (tertiary/aromatic N) is 2. The average molecular weight is 415 g/mol. The van der Waals surface area contributed by atoms with Crippen LogP contribution in [0.5, 0.6) is 5.75 Å². The summed E-state index contributed by atoms with van der Waals surface area (Å²) in [5, 5.41) is 11.1. The van der Waals surface area contributed by atoms with Crippen LogP contribution in [-0.4, -0.2) is 35.6 Å². The number of ether oxygens (including phenoxy) is 2. The third kappa shape index (κ3) is 3.58. The molecule has 1 aliphatic rings. The van der Waals surface area contributed by atoms with Crippen LogP contribution in [0.15, 0.2) is 36.5 Å². The molecule has 8 nitrogen and oxygen atoms in total. The Kier molecular flexibility index (Phi) is 5.02. The summed E-state index contributed by atoms with van der Waals surface area (Å²) in [5.41, 5.74) is 2.83. The molecule has 1 atom stereocenters. The molecule has 2 amide bonds. The van der Waals surface area contributed by atoms with Crippen LogP contribution in [0.1, 0.15) is 23.6 Å². The Labute approximate surface area is 171 Å². The molecule has 2 N–H and O–H groups in total. The summed E-state index contributed by atoms with van der Waals surface area (Å²) in [6, 6.07) is 8.30. The Bertz CT molecular complexity index is 1110. The summed E-state index contributed by atoms with van der Waals surface area (Å²) in [7, 11) is 1.28. The number of benzene rings is 2. The Morgan fingerprint density at radius 1 is 1.34 bits per heavy atom. The predicted octanol–water partition coefficient (Wildman–Crippen LogP) is 4.26. The third-order valence-electron chi connectivity index (χ3n) is 4.85. The highest BCUT2D eigenvalue weighted by molar-refractivity contribution is 6.31. The van der Waals surface area contributed by atoms with Gasteiger partial charge < -0.3 is 20.1 Å². The third-order valence-corrected chi connectivity index (χ3v) is 5.25. The summed E-state index contributed by atoms with van der Waals surface area (Å²) in [6.45, 7) is 2.41. The molecule has 29 heavy (non-hydrogen) atoms. The number of hydrogen-bond acceptors (Lipinski definition) is 5. The number of methoxy groups -OCH3 is 1. The van der Waals surface area contributed by atoms with E-state index in [1.807, 2.05) is 19.1 Å². The number of fused-ring (bicyclic) bond motifs is 2. The number of carbonyl (C=O) groups excluding carboxylic acids is 2. The van der Waals surface area contributed by atoms with Crippen molar-refractivity contribution in [2.24, 2.45) is 0 Å². The van der Waals surface area contributed by atoms with Crippen molar-refractivity contribution in [3.8, 4) is 5.75 Å². The van der Waals surface area contributed by atoms with E-state index >= 15 is 0 Å². The first-order valence-electron chi connectivity index (χ1n) is 9.03. The van der Waals surface area contributed by atoms with Gasteiger partial charge in [-0.15, -0.1) is 0 Å². The molecule has 3 aromatic rings. The zero-order valence-electron chi connectivity index (χ0n) is 15.9. The van der Waals surface area contributed by atoms with E-state index in [1.165, 1.54) is 13.3 Å². The van der Waals surface area contributed by atoms with Crippen molar-refractivity contribution in [2.75, 3.05) is 19.0 Å². The molecule has 1 aromatic heterocycles. The molecule has 0 aliphatic carbocycles. The van der Waals surface area contributed by atoms with E-state index < -0.39 is 6.09 Å². The zero-order chi connectivity index (χ0) is 20.5. The van der Waals surface area contributed by atoms with Crippen molar-refractivity contribution in [1.82, 2.24) is 15.1 Å². The highest BCUT2D eigenvalue weighted by atomic mass is 35.5. The Morgan fingerprint density at radius 2 is 2.17 bits per heavy atom. The van der Waals surface area contributed by atoms with Gasteiger partial charge in [0.2, 0.25) is 0 Å². The zero-order valence-corrected chi connectivity index (χ0v) is 16.6. The SMILES string of the molecule is COC(=O)n1ncc2c(NC(=O)NC3CCOc4cc(C)c(Cl)cc43)cccc21. The van der Waals surface area contributed by atoms with Crippen molar-refractivity contribution in [3.05, 3.63) is 52.7 Å². The standard InChI is InChI=1S/C20H19ClN4O4/c1-11-8-18-12(9-14(11)21)16(6-7-29-18)24-19(26)23-15-4-3-5-17-13(15)10-22-25(17)20(27)28-2/h3-5,8-10,16H,6-7H2,1-2H3,(H2,23,24,26). The number of aryl methyl sites for hydroxylation is 1. The van der Waals surface area contributed by atoms with E-state index in [0.29, 0.717) is 34.6 Å². The van der Waals surface area contributed by atoms with Gasteiger partial charge in [-0.05, 0) is 36.8 Å². The van der Waals surface area contributed by atoms with E-state index in [1.54, 1.807) is 18.2 Å². The van der Waals surface area contributed by atoms with E-state index in [-0.39, 0.29) is 12.1 Å². The van der Waals surface area contributed by atoms with E-state index in [0.717, 1.165) is 21.6 Å². The lowest BCUT2D eigenvalue weighted by Gasteiger charge is -2.27. The molecule has 9 heteroatoms. The number of rotatable bonds is 2. The highest BCUT2D eigenvalue weighted by Gasteiger charge is 2.24. The van der Waals surface area contributed by atoms with Crippen LogP contribution >= 0.6 is 11.6 Å². The molecular weight excluding hydrogens is 396 g/mol. The summed E-state index contributed by atoms with van der Waals surface area (Å²) in [5.74, 6) is 0.727. The fourth-order valence-electron chi connectivity index (χ4n) is 3.37. The summed E-state index contributed by atoms with van der Waals surface area (Å²) < 4.78 is 11.5. The molecule has 2 heterocycles. The van der Waals surface area contributed by atoms with Gasteiger partial charge in [0.15, 0.2) is 0 Å². The number of hydrogen-bond donors (Lipinski definition) is 2. The first-order valence-corrected chi connectivity index (χ1v) is 9.41. The second-order valence-electron chi connectivity index (χ2n) is 6.69. The fraction of sp³-hybridized carbons (Fsp3) is 0.250. The van der Waals surface area contributed by atoms with Gasteiger partial charge >= 0.3 is 12.1 Å². The van der Waals surface area contributed by atoms with Crippen LogP contribution < -0.4 is 15.4 Å². The van der Waals surface area contributed by atoms with Gasteiger partial charge in [0, 0.05) is 22.4 Å². The molecule has 1 unspecified atom stereocenters. The smallest absolute Gasteiger partial charge is 0.434 e. The van der Waals surface area contributed by atoms with Crippen LogP contribution in [-0.2, 0) is 4.74 Å². The first kappa shape index (κ1) is 19.1. The summed E-state index contributed by atoms with van der Waals surface area (Å²) >= 11 is 6.25. The van der Waals surface area contributed by atoms with Gasteiger partial charge in [-0.3, -0.25) is 0 Å². The minimum atomic E-state index is -0.604. The molecule has 1 aliphatic heterocycles. The Morgan fingerprint density at radius 3 is 2.97 bits per heavy atom. The number of anilines is 1. The lowest BCUT2D eigenvalue weighted by Crippen LogP contribution is -2.35. The lowest BCUT2D eigenvalue weighted by molar-refractivity contribution is 0.170. The fourth-order valence-corrected chi connectivity index (χ4v) is 3.54. The van der Waals surface area contributed by atoms with E-state index in [4.69, 9.17) is 21.1 Å². The van der Waals surface area contributed by atoms with E-state index in [2.05, 4.69) is 15.7 Å². The highest BCUT2D eigenvalue weighted by Crippen LogP contribution is 2.36. The molecule has 150 valence electrons. The van der Waals surface area contributed by atoms with Crippen molar-refractivity contribution in [2.45, 2.75) is 19.4 Å². The minimum Gasteiger partial charge on any atom is -0.493 e. The maximum absolute atomic E-state index is 12.7.